The maximum absolute atomic E-state index is 12.3. The third kappa shape index (κ3) is 4.99. The van der Waals surface area contributed by atoms with Gasteiger partial charge in [0.1, 0.15) is 0 Å². The van der Waals surface area contributed by atoms with Gasteiger partial charge in [-0.15, -0.1) is 11.6 Å². The van der Waals surface area contributed by atoms with Crippen LogP contribution in [0.15, 0.2) is 24.3 Å². The van der Waals surface area contributed by atoms with E-state index in [2.05, 4.69) is 0 Å². The predicted octanol–water partition coefficient (Wildman–Crippen LogP) is 5.05. The minimum Gasteiger partial charge on any atom is -0.166 e. The summed E-state index contributed by atoms with van der Waals surface area (Å²) < 4.78 is 36.9. The van der Waals surface area contributed by atoms with Gasteiger partial charge in [0.2, 0.25) is 0 Å². The van der Waals surface area contributed by atoms with E-state index in [1.54, 1.807) is 0 Å². The fourth-order valence-corrected chi connectivity index (χ4v) is 1.75. The van der Waals surface area contributed by atoms with Gasteiger partial charge in [0.05, 0.1) is 5.56 Å². The van der Waals surface area contributed by atoms with Crippen LogP contribution in [-0.2, 0) is 12.6 Å². The second kappa shape index (κ2) is 6.29. The van der Waals surface area contributed by atoms with Gasteiger partial charge >= 0.3 is 6.18 Å². The zero-order valence-corrected chi connectivity index (χ0v) is 10.5. The van der Waals surface area contributed by atoms with Crippen molar-refractivity contribution < 1.29 is 13.2 Å². The molecule has 0 fully saturated rings. The van der Waals surface area contributed by atoms with Crippen molar-refractivity contribution in [2.45, 2.75) is 44.2 Å². The summed E-state index contributed by atoms with van der Waals surface area (Å²) in [6.45, 7) is 2.02. The fourth-order valence-electron chi connectivity index (χ4n) is 1.59. The van der Waals surface area contributed by atoms with Crippen LogP contribution < -0.4 is 0 Å². The van der Waals surface area contributed by atoms with E-state index in [0.717, 1.165) is 43.4 Å². The third-order valence-corrected chi connectivity index (χ3v) is 3.23. The van der Waals surface area contributed by atoms with Crippen molar-refractivity contribution >= 4 is 11.6 Å². The molecular weight excluding hydrogens is 249 g/mol. The monoisotopic (exact) mass is 264 g/mol. The van der Waals surface area contributed by atoms with Gasteiger partial charge in [-0.2, -0.15) is 13.2 Å². The van der Waals surface area contributed by atoms with Crippen molar-refractivity contribution in [2.75, 3.05) is 0 Å². The van der Waals surface area contributed by atoms with Gasteiger partial charge in [0.15, 0.2) is 0 Å². The SMILES string of the molecule is CCC(Cl)CCCc1ccc(C(F)(F)F)cc1. The molecule has 1 unspecified atom stereocenters. The largest absolute Gasteiger partial charge is 0.416 e. The molecule has 1 aromatic rings. The topological polar surface area (TPSA) is 0 Å². The van der Waals surface area contributed by atoms with Gasteiger partial charge < -0.3 is 0 Å². The highest BCUT2D eigenvalue weighted by Gasteiger charge is 2.29. The summed E-state index contributed by atoms with van der Waals surface area (Å²) in [5.41, 5.74) is 0.336. The van der Waals surface area contributed by atoms with E-state index in [1.165, 1.54) is 12.1 Å². The zero-order valence-electron chi connectivity index (χ0n) is 9.73. The zero-order chi connectivity index (χ0) is 12.9. The quantitative estimate of drug-likeness (QED) is 0.653. The molecule has 1 atom stereocenters. The van der Waals surface area contributed by atoms with Crippen LogP contribution >= 0.6 is 11.6 Å². The van der Waals surface area contributed by atoms with E-state index in [-0.39, 0.29) is 5.38 Å². The van der Waals surface area contributed by atoms with E-state index < -0.39 is 11.7 Å². The Kier molecular flexibility index (Phi) is 5.31. The standard InChI is InChI=1S/C13H16ClF3/c1-2-12(14)5-3-4-10-6-8-11(9-7-10)13(15,16)17/h6-9,12H,2-5H2,1H3. The van der Waals surface area contributed by atoms with Crippen molar-refractivity contribution in [1.82, 2.24) is 0 Å². The van der Waals surface area contributed by atoms with Crippen LogP contribution in [0.3, 0.4) is 0 Å². The van der Waals surface area contributed by atoms with Crippen LogP contribution in [-0.4, -0.2) is 5.38 Å². The number of rotatable bonds is 5. The van der Waals surface area contributed by atoms with E-state index in [4.69, 9.17) is 11.6 Å². The number of aryl methyl sites for hydroxylation is 1. The lowest BCUT2D eigenvalue weighted by atomic mass is 10.0. The molecule has 17 heavy (non-hydrogen) atoms. The van der Waals surface area contributed by atoms with Gasteiger partial charge in [0, 0.05) is 5.38 Å². The molecule has 4 heteroatoms. The fraction of sp³-hybridized carbons (Fsp3) is 0.538. The van der Waals surface area contributed by atoms with E-state index in [9.17, 15) is 13.2 Å². The van der Waals surface area contributed by atoms with Gasteiger partial charge in [-0.25, -0.2) is 0 Å². The molecule has 0 radical (unpaired) electrons. The highest BCUT2D eigenvalue weighted by atomic mass is 35.5. The van der Waals surface area contributed by atoms with Crippen LogP contribution in [0.1, 0.15) is 37.3 Å². The molecule has 0 bridgehead atoms. The molecule has 0 spiro atoms. The lowest BCUT2D eigenvalue weighted by Crippen LogP contribution is -2.04. The molecule has 0 heterocycles. The molecular formula is C13H16ClF3. The Morgan fingerprint density at radius 1 is 1.18 bits per heavy atom. The van der Waals surface area contributed by atoms with Gasteiger partial charge in [-0.05, 0) is 43.4 Å². The number of alkyl halides is 4. The summed E-state index contributed by atoms with van der Waals surface area (Å²) >= 11 is 5.97. The first-order valence-corrected chi connectivity index (χ1v) is 6.17. The molecule has 0 aliphatic carbocycles. The van der Waals surface area contributed by atoms with Crippen LogP contribution in [0.5, 0.6) is 0 Å². The van der Waals surface area contributed by atoms with E-state index in [1.807, 2.05) is 6.92 Å². The molecule has 0 N–H and O–H groups in total. The Hall–Kier alpha value is -0.700. The average molecular weight is 265 g/mol. The third-order valence-electron chi connectivity index (χ3n) is 2.71. The Labute approximate surface area is 105 Å². The summed E-state index contributed by atoms with van der Waals surface area (Å²) in [7, 11) is 0. The summed E-state index contributed by atoms with van der Waals surface area (Å²) in [4.78, 5) is 0. The van der Waals surface area contributed by atoms with E-state index >= 15 is 0 Å². The lowest BCUT2D eigenvalue weighted by Gasteiger charge is -2.08. The molecule has 0 aromatic heterocycles. The molecule has 0 saturated carbocycles. The van der Waals surface area contributed by atoms with Gasteiger partial charge in [-0.3, -0.25) is 0 Å². The normalized spacial score (nSPS) is 13.7. The number of benzene rings is 1. The minimum atomic E-state index is -4.25. The summed E-state index contributed by atoms with van der Waals surface area (Å²) in [6, 6.07) is 5.34. The molecule has 96 valence electrons. The van der Waals surface area contributed by atoms with Gasteiger partial charge in [0.25, 0.3) is 0 Å². The highest BCUT2D eigenvalue weighted by molar-refractivity contribution is 6.20. The first-order valence-electron chi connectivity index (χ1n) is 5.73. The second-order valence-corrected chi connectivity index (χ2v) is 4.71. The predicted molar refractivity (Wildman–Crippen MR) is 64.3 cm³/mol. The molecule has 0 amide bonds. The smallest absolute Gasteiger partial charge is 0.166 e. The molecule has 0 aliphatic rings. The maximum atomic E-state index is 12.3. The van der Waals surface area contributed by atoms with Gasteiger partial charge in [-0.1, -0.05) is 19.1 Å². The Balaban J connectivity index is 2.46. The van der Waals surface area contributed by atoms with Crippen LogP contribution in [0.4, 0.5) is 13.2 Å². The van der Waals surface area contributed by atoms with Crippen LogP contribution in [0.25, 0.3) is 0 Å². The number of hydrogen-bond donors (Lipinski definition) is 0. The molecule has 0 saturated heterocycles. The van der Waals surface area contributed by atoms with Crippen LogP contribution in [0.2, 0.25) is 0 Å². The first kappa shape index (κ1) is 14.4. The van der Waals surface area contributed by atoms with Crippen molar-refractivity contribution in [2.24, 2.45) is 0 Å². The van der Waals surface area contributed by atoms with Crippen molar-refractivity contribution in [3.05, 3.63) is 35.4 Å². The highest BCUT2D eigenvalue weighted by Crippen LogP contribution is 2.29. The van der Waals surface area contributed by atoms with Crippen LogP contribution in [0, 0.1) is 0 Å². The van der Waals surface area contributed by atoms with Crippen molar-refractivity contribution in [1.29, 1.82) is 0 Å². The molecule has 1 aromatic carbocycles. The van der Waals surface area contributed by atoms with E-state index in [0.29, 0.717) is 0 Å². The first-order chi connectivity index (χ1) is 7.93. The van der Waals surface area contributed by atoms with Crippen molar-refractivity contribution in [3.8, 4) is 0 Å². The summed E-state index contributed by atoms with van der Waals surface area (Å²) in [6.07, 6.45) is -0.732. The molecule has 1 rings (SSSR count). The lowest BCUT2D eigenvalue weighted by molar-refractivity contribution is -0.137. The Morgan fingerprint density at radius 2 is 1.76 bits per heavy atom. The molecule has 0 aliphatic heterocycles. The summed E-state index contributed by atoms with van der Waals surface area (Å²) in [5.74, 6) is 0. The summed E-state index contributed by atoms with van der Waals surface area (Å²) in [5, 5.41) is 0.171. The average Bonchev–Trinajstić information content (AvgIpc) is 2.28. The molecule has 0 nitrogen and oxygen atoms in total. The Bertz CT molecular complexity index is 330. The number of hydrogen-bond acceptors (Lipinski definition) is 0. The maximum Gasteiger partial charge on any atom is 0.416 e. The Morgan fingerprint density at radius 3 is 2.24 bits per heavy atom. The minimum absolute atomic E-state index is 0.171. The second-order valence-electron chi connectivity index (χ2n) is 4.09. The van der Waals surface area contributed by atoms with Crippen molar-refractivity contribution in [3.63, 3.8) is 0 Å². The number of halogens is 4.